The lowest BCUT2D eigenvalue weighted by Crippen LogP contribution is -2.11. The van der Waals surface area contributed by atoms with E-state index < -0.39 is 0 Å². The van der Waals surface area contributed by atoms with E-state index in [9.17, 15) is 10.2 Å². The quantitative estimate of drug-likeness (QED) is 0.810. The first-order valence-corrected chi connectivity index (χ1v) is 6.32. The van der Waals surface area contributed by atoms with Crippen molar-refractivity contribution in [3.63, 3.8) is 0 Å². The summed E-state index contributed by atoms with van der Waals surface area (Å²) in [6.07, 6.45) is 0. The number of fused-ring (bicyclic) bond motifs is 2. The molecule has 0 bridgehead atoms. The van der Waals surface area contributed by atoms with Crippen LogP contribution in [0.2, 0.25) is 0 Å². The fourth-order valence-electron chi connectivity index (χ4n) is 2.26. The number of aliphatic hydroxyl groups is 1. The second-order valence-electron chi connectivity index (χ2n) is 4.07. The standard InChI is InChI=1S/C14H12O2S/c15-8-11-9-4-1-2-7-13(9)17-14-10(11)5-3-6-12(14)16/h1-7,11,15-16H,8H2. The summed E-state index contributed by atoms with van der Waals surface area (Å²) in [5, 5.41) is 19.5. The molecule has 2 aromatic carbocycles. The molecule has 17 heavy (non-hydrogen) atoms. The van der Waals surface area contributed by atoms with Crippen molar-refractivity contribution in [2.75, 3.05) is 6.61 Å². The Labute approximate surface area is 104 Å². The minimum absolute atomic E-state index is 0.0328. The van der Waals surface area contributed by atoms with E-state index in [0.29, 0.717) is 5.75 Å². The molecule has 0 aliphatic carbocycles. The third-order valence-electron chi connectivity index (χ3n) is 3.09. The van der Waals surface area contributed by atoms with Gasteiger partial charge in [0.1, 0.15) is 5.75 Å². The number of rotatable bonds is 1. The summed E-state index contributed by atoms with van der Waals surface area (Å²) >= 11 is 1.57. The van der Waals surface area contributed by atoms with Crippen LogP contribution in [-0.4, -0.2) is 16.8 Å². The lowest BCUT2D eigenvalue weighted by molar-refractivity contribution is 0.277. The number of aliphatic hydroxyl groups excluding tert-OH is 1. The summed E-state index contributed by atoms with van der Waals surface area (Å²) < 4.78 is 0. The van der Waals surface area contributed by atoms with Crippen LogP contribution in [0.25, 0.3) is 0 Å². The molecule has 0 amide bonds. The largest absolute Gasteiger partial charge is 0.507 e. The smallest absolute Gasteiger partial charge is 0.129 e. The molecule has 1 atom stereocenters. The molecular weight excluding hydrogens is 232 g/mol. The highest BCUT2D eigenvalue weighted by Gasteiger charge is 2.26. The predicted molar refractivity (Wildman–Crippen MR) is 67.6 cm³/mol. The van der Waals surface area contributed by atoms with Gasteiger partial charge in [-0.2, -0.15) is 0 Å². The van der Waals surface area contributed by atoms with Crippen molar-refractivity contribution in [3.8, 4) is 5.75 Å². The van der Waals surface area contributed by atoms with Gasteiger partial charge in [-0.3, -0.25) is 0 Å². The van der Waals surface area contributed by atoms with Crippen molar-refractivity contribution in [2.24, 2.45) is 0 Å². The van der Waals surface area contributed by atoms with Gasteiger partial charge in [-0.1, -0.05) is 42.1 Å². The molecule has 1 aliphatic rings. The van der Waals surface area contributed by atoms with Gasteiger partial charge in [-0.15, -0.1) is 0 Å². The van der Waals surface area contributed by atoms with E-state index in [0.717, 1.165) is 20.9 Å². The van der Waals surface area contributed by atoms with Gasteiger partial charge in [0.15, 0.2) is 0 Å². The zero-order valence-corrected chi connectivity index (χ0v) is 9.95. The number of phenolic OH excluding ortho intramolecular Hbond substituents is 1. The van der Waals surface area contributed by atoms with Crippen molar-refractivity contribution in [3.05, 3.63) is 53.6 Å². The molecule has 86 valence electrons. The summed E-state index contributed by atoms with van der Waals surface area (Å²) in [6.45, 7) is 0.0635. The van der Waals surface area contributed by atoms with Crippen LogP contribution in [0.1, 0.15) is 17.0 Å². The molecule has 3 rings (SSSR count). The minimum atomic E-state index is -0.0328. The van der Waals surface area contributed by atoms with Crippen LogP contribution in [0.15, 0.2) is 52.3 Å². The molecule has 0 saturated heterocycles. The maximum Gasteiger partial charge on any atom is 0.129 e. The number of phenols is 1. The Morgan fingerprint density at radius 3 is 2.59 bits per heavy atom. The first kappa shape index (κ1) is 10.7. The van der Waals surface area contributed by atoms with Crippen molar-refractivity contribution in [2.45, 2.75) is 15.7 Å². The summed E-state index contributed by atoms with van der Waals surface area (Å²) in [6, 6.07) is 13.5. The van der Waals surface area contributed by atoms with Gasteiger partial charge in [0, 0.05) is 10.8 Å². The normalized spacial score (nSPS) is 17.4. The van der Waals surface area contributed by atoms with Gasteiger partial charge in [0.2, 0.25) is 0 Å². The van der Waals surface area contributed by atoms with E-state index in [-0.39, 0.29) is 12.5 Å². The highest BCUT2D eigenvalue weighted by Crippen LogP contribution is 2.48. The molecule has 1 aliphatic heterocycles. The Morgan fingerprint density at radius 1 is 1.00 bits per heavy atom. The molecule has 2 aromatic rings. The van der Waals surface area contributed by atoms with Gasteiger partial charge in [-0.25, -0.2) is 0 Å². The highest BCUT2D eigenvalue weighted by molar-refractivity contribution is 7.99. The third kappa shape index (κ3) is 1.63. The van der Waals surface area contributed by atoms with E-state index in [1.165, 1.54) is 0 Å². The number of benzene rings is 2. The SMILES string of the molecule is OCC1c2ccccc2Sc2c(O)cccc21. The molecule has 1 heterocycles. The van der Waals surface area contributed by atoms with Crippen LogP contribution < -0.4 is 0 Å². The second-order valence-corrected chi connectivity index (χ2v) is 5.12. The summed E-state index contributed by atoms with van der Waals surface area (Å²) in [5.74, 6) is 0.259. The van der Waals surface area contributed by atoms with E-state index in [4.69, 9.17) is 0 Å². The maximum atomic E-state index is 9.89. The number of hydrogen-bond donors (Lipinski definition) is 2. The average molecular weight is 244 g/mol. The fraction of sp³-hybridized carbons (Fsp3) is 0.143. The van der Waals surface area contributed by atoms with Crippen molar-refractivity contribution >= 4 is 11.8 Å². The Kier molecular flexibility index (Phi) is 2.57. The molecule has 3 heteroatoms. The molecule has 2 nitrogen and oxygen atoms in total. The number of aromatic hydroxyl groups is 1. The molecule has 0 aromatic heterocycles. The van der Waals surface area contributed by atoms with Crippen LogP contribution >= 0.6 is 11.8 Å². The lowest BCUT2D eigenvalue weighted by Gasteiger charge is -2.26. The van der Waals surface area contributed by atoms with Crippen LogP contribution in [0, 0.1) is 0 Å². The zero-order valence-electron chi connectivity index (χ0n) is 9.13. The van der Waals surface area contributed by atoms with Gasteiger partial charge < -0.3 is 10.2 Å². The second kappa shape index (κ2) is 4.09. The first-order valence-electron chi connectivity index (χ1n) is 5.51. The first-order chi connectivity index (χ1) is 8.31. The molecule has 0 fully saturated rings. The molecule has 2 N–H and O–H groups in total. The Bertz CT molecular complexity index is 566. The van der Waals surface area contributed by atoms with Gasteiger partial charge in [0.05, 0.1) is 11.5 Å². The highest BCUT2D eigenvalue weighted by atomic mass is 32.2. The van der Waals surface area contributed by atoms with Crippen molar-refractivity contribution in [1.82, 2.24) is 0 Å². The average Bonchev–Trinajstić information content (AvgIpc) is 2.37. The topological polar surface area (TPSA) is 40.5 Å². The zero-order chi connectivity index (χ0) is 11.8. The summed E-state index contributed by atoms with van der Waals surface area (Å²) in [5.41, 5.74) is 2.15. The van der Waals surface area contributed by atoms with Crippen LogP contribution in [0.5, 0.6) is 5.75 Å². The van der Waals surface area contributed by atoms with Gasteiger partial charge in [0.25, 0.3) is 0 Å². The molecule has 0 spiro atoms. The van der Waals surface area contributed by atoms with Crippen molar-refractivity contribution < 1.29 is 10.2 Å². The molecule has 1 unspecified atom stereocenters. The molecule has 0 saturated carbocycles. The van der Waals surface area contributed by atoms with E-state index in [1.807, 2.05) is 36.4 Å². The molecule has 0 radical (unpaired) electrons. The molecular formula is C14H12O2S. The van der Waals surface area contributed by atoms with Gasteiger partial charge >= 0.3 is 0 Å². The Balaban J connectivity index is 2.22. The fourth-order valence-corrected chi connectivity index (χ4v) is 3.46. The Hall–Kier alpha value is -1.45. The Morgan fingerprint density at radius 2 is 1.76 bits per heavy atom. The van der Waals surface area contributed by atoms with Crippen LogP contribution in [-0.2, 0) is 0 Å². The van der Waals surface area contributed by atoms with E-state index in [2.05, 4.69) is 0 Å². The van der Waals surface area contributed by atoms with E-state index >= 15 is 0 Å². The maximum absolute atomic E-state index is 9.89. The number of hydrogen-bond acceptors (Lipinski definition) is 3. The van der Waals surface area contributed by atoms with Crippen molar-refractivity contribution in [1.29, 1.82) is 0 Å². The third-order valence-corrected chi connectivity index (χ3v) is 4.33. The van der Waals surface area contributed by atoms with Crippen LogP contribution in [0.3, 0.4) is 0 Å². The van der Waals surface area contributed by atoms with Crippen LogP contribution in [0.4, 0.5) is 0 Å². The summed E-state index contributed by atoms with van der Waals surface area (Å²) in [4.78, 5) is 1.98. The summed E-state index contributed by atoms with van der Waals surface area (Å²) in [7, 11) is 0. The van der Waals surface area contributed by atoms with E-state index in [1.54, 1.807) is 17.8 Å². The minimum Gasteiger partial charge on any atom is -0.507 e. The van der Waals surface area contributed by atoms with Gasteiger partial charge in [-0.05, 0) is 23.3 Å². The lowest BCUT2D eigenvalue weighted by atomic mass is 9.91. The predicted octanol–water partition coefficient (Wildman–Crippen LogP) is 2.98. The monoisotopic (exact) mass is 244 g/mol.